The second kappa shape index (κ2) is 11.4. The number of benzene rings is 2. The molecule has 0 bridgehead atoms. The summed E-state index contributed by atoms with van der Waals surface area (Å²) in [5.41, 5.74) is 1.30. The molecule has 0 aliphatic carbocycles. The molecule has 0 radical (unpaired) electrons. The molecule has 0 saturated heterocycles. The number of phenolic OH excluding ortho intramolecular Hbond substituents is 1. The molecule has 0 spiro atoms. The molecular formula is C24H34O5S. The van der Waals surface area contributed by atoms with E-state index in [1.54, 1.807) is 24.3 Å². The van der Waals surface area contributed by atoms with Crippen molar-refractivity contribution in [1.29, 1.82) is 0 Å². The summed E-state index contributed by atoms with van der Waals surface area (Å²) < 4.78 is 40.1. The van der Waals surface area contributed by atoms with Gasteiger partial charge in [0, 0.05) is 11.1 Å². The molecule has 0 saturated carbocycles. The fourth-order valence-electron chi connectivity index (χ4n) is 3.63. The van der Waals surface area contributed by atoms with Crippen LogP contribution in [0.3, 0.4) is 0 Å². The molecule has 2 aromatic rings. The summed E-state index contributed by atoms with van der Waals surface area (Å²) >= 11 is 0. The third kappa shape index (κ3) is 7.03. The van der Waals surface area contributed by atoms with Crippen LogP contribution in [-0.4, -0.2) is 24.2 Å². The van der Waals surface area contributed by atoms with E-state index in [0.29, 0.717) is 23.3 Å². The summed E-state index contributed by atoms with van der Waals surface area (Å²) in [6, 6.07) is 10.1. The van der Waals surface area contributed by atoms with E-state index in [9.17, 15) is 18.1 Å². The van der Waals surface area contributed by atoms with Gasteiger partial charge >= 0.3 is 0 Å². The number of hydrogen-bond acceptors (Lipinski definition) is 4. The molecule has 0 amide bonds. The first-order chi connectivity index (χ1) is 14.2. The van der Waals surface area contributed by atoms with Crippen LogP contribution in [0, 0.1) is 0 Å². The van der Waals surface area contributed by atoms with Gasteiger partial charge in [-0.05, 0) is 56.5 Å². The van der Waals surface area contributed by atoms with Crippen LogP contribution >= 0.6 is 0 Å². The molecule has 0 atom stereocenters. The maximum Gasteiger partial charge on any atom is 0.295 e. The zero-order valence-electron chi connectivity index (χ0n) is 18.2. The van der Waals surface area contributed by atoms with Gasteiger partial charge in [0.25, 0.3) is 10.1 Å². The van der Waals surface area contributed by atoms with E-state index < -0.39 is 10.1 Å². The van der Waals surface area contributed by atoms with Gasteiger partial charge in [-0.25, -0.2) is 0 Å². The Bertz CT molecular complexity index is 902. The molecule has 0 aliphatic heterocycles. The van der Waals surface area contributed by atoms with Crippen molar-refractivity contribution in [2.24, 2.45) is 0 Å². The lowest BCUT2D eigenvalue weighted by atomic mass is 9.98. The van der Waals surface area contributed by atoms with Gasteiger partial charge < -0.3 is 9.84 Å². The van der Waals surface area contributed by atoms with E-state index in [2.05, 4.69) is 6.92 Å². The van der Waals surface area contributed by atoms with Crippen LogP contribution in [0.2, 0.25) is 0 Å². The van der Waals surface area contributed by atoms with Crippen LogP contribution in [0.25, 0.3) is 11.1 Å². The lowest BCUT2D eigenvalue weighted by molar-refractivity contribution is 0.242. The van der Waals surface area contributed by atoms with E-state index in [1.165, 1.54) is 31.4 Å². The van der Waals surface area contributed by atoms with E-state index in [0.717, 1.165) is 25.7 Å². The Balaban J connectivity index is 2.26. The molecule has 2 aromatic carbocycles. The third-order valence-corrected chi connectivity index (χ3v) is 6.04. The average molecular weight is 435 g/mol. The fourth-order valence-corrected chi connectivity index (χ4v) is 4.61. The van der Waals surface area contributed by atoms with Gasteiger partial charge in [0.1, 0.15) is 16.4 Å². The summed E-state index contributed by atoms with van der Waals surface area (Å²) in [7, 11) is -4.51. The lowest BCUT2D eigenvalue weighted by Crippen LogP contribution is -2.07. The first-order valence-corrected chi connectivity index (χ1v) is 12.3. The molecule has 30 heavy (non-hydrogen) atoms. The first kappa shape index (κ1) is 24.2. The summed E-state index contributed by atoms with van der Waals surface area (Å²) in [6.07, 6.45) is 8.04. The van der Waals surface area contributed by atoms with Crippen molar-refractivity contribution in [1.82, 2.24) is 0 Å². The zero-order valence-corrected chi connectivity index (χ0v) is 19.0. The Morgan fingerprint density at radius 3 is 2.07 bits per heavy atom. The van der Waals surface area contributed by atoms with Gasteiger partial charge in [-0.3, -0.25) is 4.55 Å². The second-order valence-corrected chi connectivity index (χ2v) is 9.34. The Morgan fingerprint density at radius 2 is 1.50 bits per heavy atom. The minimum absolute atomic E-state index is 0.0338. The van der Waals surface area contributed by atoms with Crippen LogP contribution in [0.4, 0.5) is 0 Å². The third-order valence-electron chi connectivity index (χ3n) is 5.06. The highest BCUT2D eigenvalue weighted by Gasteiger charge is 2.24. The SMILES string of the molecule is CCCCCCCCCc1c(O)ccc(-c2ccc(OC(C)C)cc2)c1S(=O)(=O)O. The first-order valence-electron chi connectivity index (χ1n) is 10.8. The van der Waals surface area contributed by atoms with Crippen LogP contribution in [0.1, 0.15) is 71.3 Å². The minimum Gasteiger partial charge on any atom is -0.508 e. The Labute approximate surface area is 180 Å². The summed E-state index contributed by atoms with van der Waals surface area (Å²) in [5, 5.41) is 10.3. The van der Waals surface area contributed by atoms with E-state index >= 15 is 0 Å². The van der Waals surface area contributed by atoms with Crippen LogP contribution in [0.15, 0.2) is 41.3 Å². The molecule has 166 valence electrons. The molecule has 5 nitrogen and oxygen atoms in total. The van der Waals surface area contributed by atoms with Crippen molar-refractivity contribution in [3.63, 3.8) is 0 Å². The van der Waals surface area contributed by atoms with Crippen LogP contribution in [-0.2, 0) is 16.5 Å². The maximum atomic E-state index is 12.2. The molecule has 0 heterocycles. The number of hydrogen-bond donors (Lipinski definition) is 2. The number of rotatable bonds is 12. The highest BCUT2D eigenvalue weighted by molar-refractivity contribution is 7.86. The van der Waals surface area contributed by atoms with Gasteiger partial charge in [0.2, 0.25) is 0 Å². The number of aromatic hydroxyl groups is 1. The molecule has 0 aromatic heterocycles. The van der Waals surface area contributed by atoms with Gasteiger partial charge in [-0.2, -0.15) is 8.42 Å². The fraction of sp³-hybridized carbons (Fsp3) is 0.500. The Morgan fingerprint density at radius 1 is 0.900 bits per heavy atom. The van der Waals surface area contributed by atoms with Gasteiger partial charge in [0.05, 0.1) is 6.10 Å². The van der Waals surface area contributed by atoms with Crippen molar-refractivity contribution < 1.29 is 22.8 Å². The monoisotopic (exact) mass is 434 g/mol. The highest BCUT2D eigenvalue weighted by Crippen LogP contribution is 2.36. The molecule has 0 unspecified atom stereocenters. The van der Waals surface area contributed by atoms with Crippen LogP contribution < -0.4 is 4.74 Å². The molecular weight excluding hydrogens is 400 g/mol. The normalized spacial score (nSPS) is 11.8. The van der Waals surface area contributed by atoms with E-state index in [-0.39, 0.29) is 22.3 Å². The van der Waals surface area contributed by atoms with Crippen molar-refractivity contribution in [2.75, 3.05) is 0 Å². The van der Waals surface area contributed by atoms with Crippen molar-refractivity contribution in [3.8, 4) is 22.6 Å². The topological polar surface area (TPSA) is 83.8 Å². The van der Waals surface area contributed by atoms with Gasteiger partial charge in [0.15, 0.2) is 0 Å². The standard InChI is InChI=1S/C24H34O5S/c1-4-5-6-7-8-9-10-11-22-23(25)17-16-21(24(22)30(26,27)28)19-12-14-20(15-13-19)29-18(2)3/h12-18,25H,4-11H2,1-3H3,(H,26,27,28). The predicted octanol–water partition coefficient (Wildman–Crippen LogP) is 6.39. The molecule has 6 heteroatoms. The predicted molar refractivity (Wildman–Crippen MR) is 121 cm³/mol. The van der Waals surface area contributed by atoms with Gasteiger partial charge in [-0.15, -0.1) is 0 Å². The molecule has 0 fully saturated rings. The van der Waals surface area contributed by atoms with Crippen molar-refractivity contribution >= 4 is 10.1 Å². The zero-order chi connectivity index (χ0) is 22.1. The largest absolute Gasteiger partial charge is 0.508 e. The van der Waals surface area contributed by atoms with Crippen molar-refractivity contribution in [3.05, 3.63) is 42.0 Å². The van der Waals surface area contributed by atoms with E-state index in [1.807, 2.05) is 13.8 Å². The summed E-state index contributed by atoms with van der Waals surface area (Å²) in [5.74, 6) is 0.585. The van der Waals surface area contributed by atoms with Crippen molar-refractivity contribution in [2.45, 2.75) is 83.1 Å². The Hall–Kier alpha value is -2.05. The summed E-state index contributed by atoms with van der Waals surface area (Å²) in [4.78, 5) is -0.203. The quantitative estimate of drug-likeness (QED) is 0.299. The Kier molecular flexibility index (Phi) is 9.18. The molecule has 0 aliphatic rings. The average Bonchev–Trinajstić information content (AvgIpc) is 2.67. The smallest absolute Gasteiger partial charge is 0.295 e. The number of phenols is 1. The van der Waals surface area contributed by atoms with Gasteiger partial charge in [-0.1, -0.05) is 57.6 Å². The minimum atomic E-state index is -4.51. The van der Waals surface area contributed by atoms with Crippen LogP contribution in [0.5, 0.6) is 11.5 Å². The maximum absolute atomic E-state index is 12.2. The second-order valence-electron chi connectivity index (χ2n) is 7.98. The number of unbranched alkanes of at least 4 members (excludes halogenated alkanes) is 6. The highest BCUT2D eigenvalue weighted by atomic mass is 32.2. The molecule has 2 rings (SSSR count). The lowest BCUT2D eigenvalue weighted by Gasteiger charge is -2.15. The number of ether oxygens (including phenoxy) is 1. The molecule has 2 N–H and O–H groups in total. The summed E-state index contributed by atoms with van der Waals surface area (Å²) in [6.45, 7) is 6.04. The van der Waals surface area contributed by atoms with E-state index in [4.69, 9.17) is 4.74 Å².